The van der Waals surface area contributed by atoms with Gasteiger partial charge in [-0.05, 0) is 40.8 Å². The molecule has 224 valence electrons. The molecule has 0 saturated carbocycles. The summed E-state index contributed by atoms with van der Waals surface area (Å²) in [6.07, 6.45) is 13.5. The monoisotopic (exact) mass is 577 g/mol. The summed E-state index contributed by atoms with van der Waals surface area (Å²) in [6, 6.07) is 23.3. The number of nitrogens with zero attached hydrogens (tertiary/aromatic N) is 1. The Bertz CT molecular complexity index is 1360. The third-order valence-corrected chi connectivity index (χ3v) is 9.79. The fourth-order valence-electron chi connectivity index (χ4n) is 7.76. The van der Waals surface area contributed by atoms with Crippen molar-refractivity contribution in [2.75, 3.05) is 11.5 Å². The number of amides is 2. The maximum atomic E-state index is 14.2. The topological polar surface area (TPSA) is 63.7 Å². The average molecular weight is 578 g/mol. The maximum Gasteiger partial charge on any atom is 0.340 e. The van der Waals surface area contributed by atoms with Crippen molar-refractivity contribution in [1.82, 2.24) is 0 Å². The lowest BCUT2D eigenvalue weighted by Crippen LogP contribution is -2.41. The second-order valence-electron chi connectivity index (χ2n) is 12.5. The van der Waals surface area contributed by atoms with E-state index in [1.165, 1.54) is 56.3 Å². The summed E-state index contributed by atoms with van der Waals surface area (Å²) in [5, 5.41) is 0. The minimum absolute atomic E-state index is 0.177. The van der Waals surface area contributed by atoms with Gasteiger partial charge in [-0.1, -0.05) is 132 Å². The zero-order chi connectivity index (χ0) is 29.8. The summed E-state index contributed by atoms with van der Waals surface area (Å²) in [4.78, 5) is 42.9. The van der Waals surface area contributed by atoms with Gasteiger partial charge < -0.3 is 4.74 Å². The van der Waals surface area contributed by atoms with Crippen molar-refractivity contribution < 1.29 is 19.1 Å². The van der Waals surface area contributed by atoms with Crippen LogP contribution >= 0.6 is 0 Å². The Morgan fingerprint density at radius 2 is 1.02 bits per heavy atom. The Morgan fingerprint density at radius 3 is 1.51 bits per heavy atom. The van der Waals surface area contributed by atoms with E-state index in [9.17, 15) is 14.4 Å². The first-order chi connectivity index (χ1) is 21.1. The van der Waals surface area contributed by atoms with Crippen LogP contribution in [0.3, 0.4) is 0 Å². The summed E-state index contributed by atoms with van der Waals surface area (Å²) < 4.78 is 5.67. The smallest absolute Gasteiger partial charge is 0.340 e. The Hall–Kier alpha value is -3.73. The number of rotatable bonds is 14. The number of hydrogen-bond donors (Lipinski definition) is 0. The molecular weight excluding hydrogens is 534 g/mol. The highest BCUT2D eigenvalue weighted by atomic mass is 16.5. The number of carbonyl (C=O) groups is 3. The minimum Gasteiger partial charge on any atom is -0.462 e. The molecule has 4 aliphatic rings. The number of anilines is 1. The Morgan fingerprint density at radius 1 is 0.605 bits per heavy atom. The molecule has 0 N–H and O–H groups in total. The minimum atomic E-state index is -0.484. The van der Waals surface area contributed by atoms with E-state index in [1.807, 2.05) is 24.3 Å². The van der Waals surface area contributed by atoms with Crippen LogP contribution in [0.25, 0.3) is 0 Å². The SMILES string of the molecule is CCCCCCCCCCCCCOC(=O)c1ccccc1N1C(=O)[C@@H]2C3c4ccccc4C(c4ccccc43)[C@H]2C1=O. The number of para-hydroxylation sites is 1. The lowest BCUT2D eigenvalue weighted by molar-refractivity contribution is -0.122. The standard InChI is InChI=1S/C38H43NO4/c1-2-3-4-5-6-7-8-9-10-11-18-25-43-38(42)30-23-16-17-24-31(30)39-36(40)34-32-26-19-12-13-20-27(26)33(35(34)37(39)41)29-22-15-14-21-28(29)32/h12-17,19-24,32-35H,2-11,18,25H2,1H3/t32?,33?,34-,35-/m1/s1. The van der Waals surface area contributed by atoms with E-state index < -0.39 is 17.8 Å². The first-order valence-electron chi connectivity index (χ1n) is 16.4. The van der Waals surface area contributed by atoms with Gasteiger partial charge >= 0.3 is 5.97 Å². The van der Waals surface area contributed by atoms with Crippen LogP contribution in [0.1, 0.15) is 122 Å². The number of ether oxygens (including phenoxy) is 1. The van der Waals surface area contributed by atoms with Crippen molar-refractivity contribution in [2.45, 2.75) is 89.4 Å². The molecule has 1 aliphatic heterocycles. The normalized spacial score (nSPS) is 21.5. The van der Waals surface area contributed by atoms with Gasteiger partial charge in [-0.25, -0.2) is 9.69 Å². The molecule has 2 amide bonds. The zero-order valence-electron chi connectivity index (χ0n) is 25.3. The molecule has 7 rings (SSSR count). The second kappa shape index (κ2) is 13.3. The van der Waals surface area contributed by atoms with Gasteiger partial charge in [0.1, 0.15) is 0 Å². The van der Waals surface area contributed by atoms with Crippen LogP contribution in [0, 0.1) is 11.8 Å². The predicted molar refractivity (Wildman–Crippen MR) is 169 cm³/mol. The number of unbranched alkanes of at least 4 members (excludes halogenated alkanes) is 10. The van der Waals surface area contributed by atoms with E-state index in [2.05, 4.69) is 31.2 Å². The van der Waals surface area contributed by atoms with Gasteiger partial charge in [0.15, 0.2) is 0 Å². The van der Waals surface area contributed by atoms with Gasteiger partial charge in [-0.3, -0.25) is 9.59 Å². The molecule has 0 unspecified atom stereocenters. The molecule has 3 aliphatic carbocycles. The lowest BCUT2D eigenvalue weighted by atomic mass is 9.55. The van der Waals surface area contributed by atoms with Gasteiger partial charge in [0.05, 0.1) is 29.7 Å². The van der Waals surface area contributed by atoms with Crippen molar-refractivity contribution in [2.24, 2.45) is 11.8 Å². The van der Waals surface area contributed by atoms with Crippen molar-refractivity contribution in [3.63, 3.8) is 0 Å². The van der Waals surface area contributed by atoms with Gasteiger partial charge in [0.25, 0.3) is 0 Å². The molecule has 5 heteroatoms. The van der Waals surface area contributed by atoms with E-state index in [0.29, 0.717) is 12.3 Å². The number of esters is 1. The molecular formula is C38H43NO4. The van der Waals surface area contributed by atoms with Crippen LogP contribution < -0.4 is 4.90 Å². The van der Waals surface area contributed by atoms with E-state index in [4.69, 9.17) is 4.74 Å². The van der Waals surface area contributed by atoms with E-state index in [-0.39, 0.29) is 29.2 Å². The van der Waals surface area contributed by atoms with Crippen molar-refractivity contribution in [1.29, 1.82) is 0 Å². The molecule has 1 heterocycles. The van der Waals surface area contributed by atoms with E-state index in [1.54, 1.807) is 24.3 Å². The first-order valence-corrected chi connectivity index (χ1v) is 16.4. The van der Waals surface area contributed by atoms with Gasteiger partial charge in [0.2, 0.25) is 11.8 Å². The molecule has 0 radical (unpaired) electrons. The lowest BCUT2D eigenvalue weighted by Gasteiger charge is -2.45. The molecule has 0 aromatic heterocycles. The van der Waals surface area contributed by atoms with Crippen molar-refractivity contribution in [3.8, 4) is 0 Å². The first kappa shape index (κ1) is 29.3. The third-order valence-electron chi connectivity index (χ3n) is 9.79. The highest BCUT2D eigenvalue weighted by Gasteiger charge is 2.62. The Kier molecular flexibility index (Phi) is 9.06. The van der Waals surface area contributed by atoms with Crippen molar-refractivity contribution in [3.05, 3.63) is 101 Å². The third kappa shape index (κ3) is 5.55. The summed E-state index contributed by atoms with van der Waals surface area (Å²) in [6.45, 7) is 2.59. The average Bonchev–Trinajstić information content (AvgIpc) is 3.31. The summed E-state index contributed by atoms with van der Waals surface area (Å²) in [5.74, 6) is -2.24. The van der Waals surface area contributed by atoms with E-state index in [0.717, 1.165) is 41.5 Å². The Labute approximate surface area is 255 Å². The van der Waals surface area contributed by atoms with Gasteiger partial charge in [-0.15, -0.1) is 0 Å². The van der Waals surface area contributed by atoms with Crippen molar-refractivity contribution >= 4 is 23.5 Å². The molecule has 0 spiro atoms. The highest BCUT2D eigenvalue weighted by molar-refractivity contribution is 6.25. The highest BCUT2D eigenvalue weighted by Crippen LogP contribution is 2.61. The van der Waals surface area contributed by atoms with Crippen LogP contribution in [0.2, 0.25) is 0 Å². The quantitative estimate of drug-likeness (QED) is 0.109. The summed E-state index contributed by atoms with van der Waals surface area (Å²) in [7, 11) is 0. The maximum absolute atomic E-state index is 14.2. The number of hydrogen-bond acceptors (Lipinski definition) is 4. The van der Waals surface area contributed by atoms with Crippen LogP contribution in [0.4, 0.5) is 5.69 Å². The fraction of sp³-hybridized carbons (Fsp3) is 0.447. The second-order valence-corrected chi connectivity index (χ2v) is 12.5. The van der Waals surface area contributed by atoms with Gasteiger partial charge in [-0.2, -0.15) is 0 Å². The molecule has 2 atom stereocenters. The van der Waals surface area contributed by atoms with Crippen LogP contribution in [0.5, 0.6) is 0 Å². The fourth-order valence-corrected chi connectivity index (χ4v) is 7.76. The molecule has 1 saturated heterocycles. The molecule has 2 bridgehead atoms. The molecule has 3 aromatic carbocycles. The number of imide groups is 1. The summed E-state index contributed by atoms with van der Waals surface area (Å²) in [5.41, 5.74) is 5.15. The molecule has 1 fully saturated rings. The Balaban J connectivity index is 1.10. The number of benzene rings is 3. The van der Waals surface area contributed by atoms with E-state index >= 15 is 0 Å². The largest absolute Gasteiger partial charge is 0.462 e. The van der Waals surface area contributed by atoms with Crippen LogP contribution in [-0.2, 0) is 14.3 Å². The van der Waals surface area contributed by atoms with Crippen LogP contribution in [-0.4, -0.2) is 24.4 Å². The molecule has 3 aromatic rings. The molecule has 5 nitrogen and oxygen atoms in total. The molecule has 43 heavy (non-hydrogen) atoms. The van der Waals surface area contributed by atoms with Crippen LogP contribution in [0.15, 0.2) is 72.8 Å². The van der Waals surface area contributed by atoms with Gasteiger partial charge in [0, 0.05) is 11.8 Å². The summed E-state index contributed by atoms with van der Waals surface area (Å²) >= 11 is 0. The predicted octanol–water partition coefficient (Wildman–Crippen LogP) is 8.55. The zero-order valence-corrected chi connectivity index (χ0v) is 25.3. The number of carbonyl (C=O) groups excluding carboxylic acids is 3.